The second-order valence-electron chi connectivity index (χ2n) is 4.12. The van der Waals surface area contributed by atoms with Crippen molar-refractivity contribution in [3.05, 3.63) is 59.1 Å². The van der Waals surface area contributed by atoms with Crippen molar-refractivity contribution in [2.75, 3.05) is 12.4 Å². The molecule has 0 aliphatic carbocycles. The first-order valence-corrected chi connectivity index (χ1v) is 6.23. The van der Waals surface area contributed by atoms with E-state index >= 15 is 0 Å². The lowest BCUT2D eigenvalue weighted by molar-refractivity contribution is 0.415. The SMILES string of the molecule is COc1ccc(NC(C)c2ccccc2Cl)cc1. The van der Waals surface area contributed by atoms with Crippen LogP contribution in [-0.4, -0.2) is 7.11 Å². The number of methoxy groups -OCH3 is 1. The Morgan fingerprint density at radius 1 is 1.06 bits per heavy atom. The van der Waals surface area contributed by atoms with Gasteiger partial charge in [0.15, 0.2) is 0 Å². The summed E-state index contributed by atoms with van der Waals surface area (Å²) in [5.74, 6) is 0.853. The minimum Gasteiger partial charge on any atom is -0.497 e. The fraction of sp³-hybridized carbons (Fsp3) is 0.200. The van der Waals surface area contributed by atoms with E-state index in [1.54, 1.807) is 7.11 Å². The van der Waals surface area contributed by atoms with Crippen molar-refractivity contribution in [3.63, 3.8) is 0 Å². The first kappa shape index (κ1) is 12.8. The Kier molecular flexibility index (Phi) is 4.11. The first-order chi connectivity index (χ1) is 8.70. The Morgan fingerprint density at radius 2 is 1.72 bits per heavy atom. The van der Waals surface area contributed by atoms with E-state index in [-0.39, 0.29) is 6.04 Å². The third kappa shape index (κ3) is 2.96. The number of anilines is 1. The van der Waals surface area contributed by atoms with Crippen molar-refractivity contribution in [2.45, 2.75) is 13.0 Å². The molecule has 18 heavy (non-hydrogen) atoms. The molecule has 2 nitrogen and oxygen atoms in total. The number of rotatable bonds is 4. The van der Waals surface area contributed by atoms with Crippen LogP contribution in [-0.2, 0) is 0 Å². The lowest BCUT2D eigenvalue weighted by Gasteiger charge is -2.17. The minimum absolute atomic E-state index is 0.159. The molecule has 0 saturated carbocycles. The van der Waals surface area contributed by atoms with Crippen LogP contribution in [0.5, 0.6) is 5.75 Å². The van der Waals surface area contributed by atoms with Crippen molar-refractivity contribution >= 4 is 17.3 Å². The fourth-order valence-electron chi connectivity index (χ4n) is 1.84. The molecule has 0 amide bonds. The number of nitrogens with one attached hydrogen (secondary N) is 1. The van der Waals surface area contributed by atoms with E-state index in [0.29, 0.717) is 0 Å². The van der Waals surface area contributed by atoms with Crippen molar-refractivity contribution in [1.82, 2.24) is 0 Å². The zero-order valence-electron chi connectivity index (χ0n) is 10.5. The van der Waals surface area contributed by atoms with E-state index in [9.17, 15) is 0 Å². The van der Waals surface area contributed by atoms with E-state index in [1.807, 2.05) is 48.5 Å². The van der Waals surface area contributed by atoms with Crippen LogP contribution in [0.3, 0.4) is 0 Å². The van der Waals surface area contributed by atoms with Crippen LogP contribution in [0, 0.1) is 0 Å². The van der Waals surface area contributed by atoms with Crippen molar-refractivity contribution in [2.24, 2.45) is 0 Å². The molecule has 2 aromatic rings. The molecule has 0 heterocycles. The topological polar surface area (TPSA) is 21.3 Å². The van der Waals surface area contributed by atoms with Gasteiger partial charge < -0.3 is 10.1 Å². The maximum atomic E-state index is 6.17. The van der Waals surface area contributed by atoms with Gasteiger partial charge in [-0.15, -0.1) is 0 Å². The van der Waals surface area contributed by atoms with E-state index in [4.69, 9.17) is 16.3 Å². The van der Waals surface area contributed by atoms with Crippen molar-refractivity contribution in [1.29, 1.82) is 0 Å². The monoisotopic (exact) mass is 261 g/mol. The number of ether oxygens (including phenoxy) is 1. The van der Waals surface area contributed by atoms with Gasteiger partial charge in [0.25, 0.3) is 0 Å². The molecule has 2 rings (SSSR count). The lowest BCUT2D eigenvalue weighted by atomic mass is 10.1. The van der Waals surface area contributed by atoms with Gasteiger partial charge in [-0.2, -0.15) is 0 Å². The van der Waals surface area contributed by atoms with Crippen LogP contribution < -0.4 is 10.1 Å². The van der Waals surface area contributed by atoms with Crippen LogP contribution >= 0.6 is 11.6 Å². The average Bonchev–Trinajstić information content (AvgIpc) is 2.40. The highest BCUT2D eigenvalue weighted by Gasteiger charge is 2.08. The standard InChI is InChI=1S/C15H16ClNO/c1-11(14-5-3-4-6-15(14)16)17-12-7-9-13(18-2)10-8-12/h3-11,17H,1-2H3. The van der Waals surface area contributed by atoms with Crippen LogP contribution in [0.2, 0.25) is 5.02 Å². The third-order valence-corrected chi connectivity index (χ3v) is 3.19. The number of hydrogen-bond donors (Lipinski definition) is 1. The molecule has 0 bridgehead atoms. The van der Waals surface area contributed by atoms with Gasteiger partial charge in [0.1, 0.15) is 5.75 Å². The average molecular weight is 262 g/mol. The molecule has 0 spiro atoms. The van der Waals surface area contributed by atoms with Crippen LogP contribution in [0.1, 0.15) is 18.5 Å². The predicted molar refractivity (Wildman–Crippen MR) is 76.5 cm³/mol. The fourth-order valence-corrected chi connectivity index (χ4v) is 2.14. The summed E-state index contributed by atoms with van der Waals surface area (Å²) in [6.07, 6.45) is 0. The second kappa shape index (κ2) is 5.78. The van der Waals surface area contributed by atoms with Gasteiger partial charge >= 0.3 is 0 Å². The summed E-state index contributed by atoms with van der Waals surface area (Å²) >= 11 is 6.17. The van der Waals surface area contributed by atoms with Gasteiger partial charge in [-0.05, 0) is 42.8 Å². The Labute approximate surface area is 113 Å². The molecular formula is C15H16ClNO. The highest BCUT2D eigenvalue weighted by atomic mass is 35.5. The van der Waals surface area contributed by atoms with E-state index < -0.39 is 0 Å². The summed E-state index contributed by atoms with van der Waals surface area (Å²) in [7, 11) is 1.66. The molecule has 3 heteroatoms. The Bertz CT molecular complexity index is 510. The molecule has 0 radical (unpaired) electrons. The number of hydrogen-bond acceptors (Lipinski definition) is 2. The molecular weight excluding hydrogens is 246 g/mol. The first-order valence-electron chi connectivity index (χ1n) is 5.85. The maximum absolute atomic E-state index is 6.17. The molecule has 0 aliphatic rings. The third-order valence-electron chi connectivity index (χ3n) is 2.84. The molecule has 0 aromatic heterocycles. The molecule has 1 atom stereocenters. The number of benzene rings is 2. The minimum atomic E-state index is 0.159. The van der Waals surface area contributed by atoms with Crippen LogP contribution in [0.4, 0.5) is 5.69 Å². The highest BCUT2D eigenvalue weighted by Crippen LogP contribution is 2.26. The molecule has 2 aromatic carbocycles. The Morgan fingerprint density at radius 3 is 2.33 bits per heavy atom. The van der Waals surface area contributed by atoms with E-state index in [2.05, 4.69) is 12.2 Å². The van der Waals surface area contributed by atoms with Crippen molar-refractivity contribution < 1.29 is 4.74 Å². The van der Waals surface area contributed by atoms with Gasteiger partial charge in [0.05, 0.1) is 7.11 Å². The maximum Gasteiger partial charge on any atom is 0.119 e. The molecule has 1 unspecified atom stereocenters. The summed E-state index contributed by atoms with van der Waals surface area (Å²) in [6, 6.07) is 15.9. The summed E-state index contributed by atoms with van der Waals surface area (Å²) < 4.78 is 5.13. The number of halogens is 1. The summed E-state index contributed by atoms with van der Waals surface area (Å²) in [4.78, 5) is 0. The zero-order valence-corrected chi connectivity index (χ0v) is 11.2. The predicted octanol–water partition coefficient (Wildman–Crippen LogP) is 4.52. The molecule has 0 fully saturated rings. The smallest absolute Gasteiger partial charge is 0.119 e. The van der Waals surface area contributed by atoms with Gasteiger partial charge in [0, 0.05) is 16.8 Å². The van der Waals surface area contributed by atoms with Gasteiger partial charge in [0.2, 0.25) is 0 Å². The van der Waals surface area contributed by atoms with E-state index in [0.717, 1.165) is 22.0 Å². The van der Waals surface area contributed by atoms with Crippen molar-refractivity contribution in [3.8, 4) is 5.75 Å². The molecule has 0 saturated heterocycles. The van der Waals surface area contributed by atoms with Gasteiger partial charge in [-0.3, -0.25) is 0 Å². The Balaban J connectivity index is 2.11. The van der Waals surface area contributed by atoms with Gasteiger partial charge in [-0.25, -0.2) is 0 Å². The lowest BCUT2D eigenvalue weighted by Crippen LogP contribution is -2.06. The Hall–Kier alpha value is -1.67. The summed E-state index contributed by atoms with van der Waals surface area (Å²) in [5.41, 5.74) is 2.14. The molecule has 94 valence electrons. The quantitative estimate of drug-likeness (QED) is 0.874. The second-order valence-corrected chi connectivity index (χ2v) is 4.52. The summed E-state index contributed by atoms with van der Waals surface area (Å²) in [5, 5.41) is 4.19. The highest BCUT2D eigenvalue weighted by molar-refractivity contribution is 6.31. The largest absolute Gasteiger partial charge is 0.497 e. The van der Waals surface area contributed by atoms with E-state index in [1.165, 1.54) is 0 Å². The van der Waals surface area contributed by atoms with Crippen LogP contribution in [0.25, 0.3) is 0 Å². The zero-order chi connectivity index (χ0) is 13.0. The molecule has 0 aliphatic heterocycles. The normalized spacial score (nSPS) is 11.9. The van der Waals surface area contributed by atoms with Gasteiger partial charge in [-0.1, -0.05) is 29.8 Å². The van der Waals surface area contributed by atoms with Crippen LogP contribution in [0.15, 0.2) is 48.5 Å². The molecule has 1 N–H and O–H groups in total. The summed E-state index contributed by atoms with van der Waals surface area (Å²) in [6.45, 7) is 2.09.